The second kappa shape index (κ2) is 9.49. The predicted molar refractivity (Wildman–Crippen MR) is 119 cm³/mol. The normalized spacial score (nSPS) is 14.7. The third kappa shape index (κ3) is 4.87. The van der Waals surface area contributed by atoms with E-state index in [0.717, 1.165) is 25.9 Å². The average molecular weight is 539 g/mol. The van der Waals surface area contributed by atoms with Crippen molar-refractivity contribution in [2.24, 2.45) is 5.92 Å². The van der Waals surface area contributed by atoms with Crippen LogP contribution in [0.3, 0.4) is 0 Å². The zero-order valence-corrected chi connectivity index (χ0v) is 19.1. The van der Waals surface area contributed by atoms with Gasteiger partial charge in [0.1, 0.15) is 17.3 Å². The molecule has 1 aliphatic heterocycles. The molecule has 2 heterocycles. The Hall–Kier alpha value is -1.90. The maximum absolute atomic E-state index is 14.2. The van der Waals surface area contributed by atoms with Crippen LogP contribution in [-0.2, 0) is 0 Å². The van der Waals surface area contributed by atoms with Crippen LogP contribution in [0.2, 0.25) is 0 Å². The lowest BCUT2D eigenvalue weighted by molar-refractivity contribution is 0.208. The van der Waals surface area contributed by atoms with Crippen LogP contribution in [0.15, 0.2) is 51.5 Å². The molecule has 4 nitrogen and oxygen atoms in total. The summed E-state index contributed by atoms with van der Waals surface area (Å²) in [4.78, 5) is 9.11. The first-order valence-electron chi connectivity index (χ1n) is 9.62. The Morgan fingerprint density at radius 2 is 1.53 bits per heavy atom. The molecule has 4 rings (SSSR count). The second-order valence-corrected chi connectivity index (χ2v) is 8.88. The molecule has 0 radical (unpaired) electrons. The topological polar surface area (TPSA) is 47.0 Å². The van der Waals surface area contributed by atoms with Gasteiger partial charge in [-0.25, -0.2) is 18.7 Å². The third-order valence-electron chi connectivity index (χ3n) is 5.06. The van der Waals surface area contributed by atoms with Gasteiger partial charge in [-0.05, 0) is 88.0 Å². The van der Waals surface area contributed by atoms with Crippen LogP contribution >= 0.6 is 31.9 Å². The number of nitrogens with zero attached hydrogens (tertiary/aromatic N) is 2. The molecule has 0 unspecified atom stereocenters. The Kier molecular flexibility index (Phi) is 6.75. The minimum absolute atomic E-state index is 0.355. The molecule has 1 fully saturated rings. The van der Waals surface area contributed by atoms with Crippen molar-refractivity contribution in [3.05, 3.63) is 63.2 Å². The zero-order valence-electron chi connectivity index (χ0n) is 16.0. The standard InChI is InChI=1S/C22H19Br2F2N3O/c23-16-3-1-14(9-18(16)25)21-22(15-2-4-17(24)19(26)10-15)29-20(11-28-21)30-12-13-5-7-27-8-6-13/h1-4,9-11,13,27H,5-8,12H2. The van der Waals surface area contributed by atoms with E-state index in [9.17, 15) is 8.78 Å². The van der Waals surface area contributed by atoms with E-state index in [0.29, 0.717) is 49.9 Å². The predicted octanol–water partition coefficient (Wildman–Crippen LogP) is 5.99. The van der Waals surface area contributed by atoms with E-state index in [1.165, 1.54) is 18.3 Å². The Morgan fingerprint density at radius 1 is 0.933 bits per heavy atom. The lowest BCUT2D eigenvalue weighted by atomic mass is 9.99. The number of hydrogen-bond donors (Lipinski definition) is 1. The quantitative estimate of drug-likeness (QED) is 0.433. The van der Waals surface area contributed by atoms with Crippen LogP contribution in [0.1, 0.15) is 12.8 Å². The average Bonchev–Trinajstić information content (AvgIpc) is 2.77. The van der Waals surface area contributed by atoms with Gasteiger partial charge < -0.3 is 10.1 Å². The Labute approximate surface area is 190 Å². The second-order valence-electron chi connectivity index (χ2n) is 7.17. The van der Waals surface area contributed by atoms with Crippen LogP contribution < -0.4 is 10.1 Å². The Bertz CT molecular complexity index is 1060. The van der Waals surface area contributed by atoms with E-state index >= 15 is 0 Å². The Morgan fingerprint density at radius 3 is 2.13 bits per heavy atom. The molecule has 0 atom stereocenters. The summed E-state index contributed by atoms with van der Waals surface area (Å²) in [5.41, 5.74) is 1.98. The summed E-state index contributed by atoms with van der Waals surface area (Å²) in [6.07, 6.45) is 3.64. The fraction of sp³-hybridized carbons (Fsp3) is 0.273. The lowest BCUT2D eigenvalue weighted by Gasteiger charge is -2.22. The maximum atomic E-state index is 14.2. The summed E-state index contributed by atoms with van der Waals surface area (Å²) in [5.74, 6) is 0.00630. The molecule has 0 amide bonds. The van der Waals surface area contributed by atoms with Gasteiger partial charge in [-0.15, -0.1) is 0 Å². The molecule has 0 aliphatic carbocycles. The molecule has 1 saturated heterocycles. The summed E-state index contributed by atoms with van der Waals surface area (Å²) in [6, 6.07) is 9.46. The Balaban J connectivity index is 1.71. The van der Waals surface area contributed by atoms with Crippen molar-refractivity contribution in [1.82, 2.24) is 15.3 Å². The van der Waals surface area contributed by atoms with Crippen molar-refractivity contribution < 1.29 is 13.5 Å². The fourth-order valence-corrected chi connectivity index (χ4v) is 3.89. The van der Waals surface area contributed by atoms with Gasteiger partial charge in [0.15, 0.2) is 0 Å². The van der Waals surface area contributed by atoms with Gasteiger partial charge in [-0.2, -0.15) is 0 Å². The van der Waals surface area contributed by atoms with Gasteiger partial charge in [0.05, 0.1) is 27.4 Å². The number of aromatic nitrogens is 2. The van der Waals surface area contributed by atoms with Crippen molar-refractivity contribution in [2.75, 3.05) is 19.7 Å². The van der Waals surface area contributed by atoms with E-state index in [1.807, 2.05) is 0 Å². The summed E-state index contributed by atoms with van der Waals surface area (Å²) in [6.45, 7) is 2.52. The van der Waals surface area contributed by atoms with Gasteiger partial charge in [0.2, 0.25) is 5.88 Å². The maximum Gasteiger partial charge on any atom is 0.232 e. The molecule has 0 bridgehead atoms. The highest BCUT2D eigenvalue weighted by atomic mass is 79.9. The van der Waals surface area contributed by atoms with Crippen LogP contribution in [-0.4, -0.2) is 29.7 Å². The van der Waals surface area contributed by atoms with E-state index in [4.69, 9.17) is 4.74 Å². The summed E-state index contributed by atoms with van der Waals surface area (Å²) < 4.78 is 35.0. The third-order valence-corrected chi connectivity index (χ3v) is 6.35. The lowest BCUT2D eigenvalue weighted by Crippen LogP contribution is -2.30. The molecule has 3 aromatic rings. The van der Waals surface area contributed by atoms with Gasteiger partial charge in [-0.3, -0.25) is 0 Å². The summed E-state index contributed by atoms with van der Waals surface area (Å²) in [5, 5.41) is 3.33. The molecule has 156 valence electrons. The minimum atomic E-state index is -0.414. The SMILES string of the molecule is Fc1cc(-c2ncc(OCC3CCNCC3)nc2-c2ccc(Br)c(F)c2)ccc1Br. The number of halogens is 4. The fourth-order valence-electron chi connectivity index (χ4n) is 3.39. The molecular weight excluding hydrogens is 520 g/mol. The highest BCUT2D eigenvalue weighted by Gasteiger charge is 2.18. The smallest absolute Gasteiger partial charge is 0.232 e. The highest BCUT2D eigenvalue weighted by Crippen LogP contribution is 2.33. The number of piperidine rings is 1. The molecule has 2 aromatic carbocycles. The molecule has 0 saturated carbocycles. The van der Waals surface area contributed by atoms with Crippen molar-refractivity contribution >= 4 is 31.9 Å². The number of rotatable bonds is 5. The molecule has 0 spiro atoms. The van der Waals surface area contributed by atoms with Crippen molar-refractivity contribution in [3.63, 3.8) is 0 Å². The monoisotopic (exact) mass is 537 g/mol. The first kappa shape index (κ1) is 21.3. The van der Waals surface area contributed by atoms with Gasteiger partial charge in [0.25, 0.3) is 0 Å². The number of nitrogens with one attached hydrogen (secondary N) is 1. The van der Waals surface area contributed by atoms with Crippen molar-refractivity contribution in [1.29, 1.82) is 0 Å². The molecular formula is C22H19Br2F2N3O. The van der Waals surface area contributed by atoms with E-state index in [1.54, 1.807) is 24.3 Å². The van der Waals surface area contributed by atoms with Crippen LogP contribution in [0.4, 0.5) is 8.78 Å². The number of benzene rings is 2. The summed E-state index contributed by atoms with van der Waals surface area (Å²) in [7, 11) is 0. The van der Waals surface area contributed by atoms with Crippen LogP contribution in [0.25, 0.3) is 22.5 Å². The molecule has 30 heavy (non-hydrogen) atoms. The van der Waals surface area contributed by atoms with E-state index in [2.05, 4.69) is 47.1 Å². The number of ether oxygens (including phenoxy) is 1. The van der Waals surface area contributed by atoms with Crippen molar-refractivity contribution in [2.45, 2.75) is 12.8 Å². The molecule has 1 N–H and O–H groups in total. The zero-order chi connectivity index (χ0) is 21.1. The van der Waals surface area contributed by atoms with Gasteiger partial charge in [0, 0.05) is 11.1 Å². The van der Waals surface area contributed by atoms with E-state index in [-0.39, 0.29) is 0 Å². The van der Waals surface area contributed by atoms with Crippen molar-refractivity contribution in [3.8, 4) is 28.4 Å². The number of hydrogen-bond acceptors (Lipinski definition) is 4. The first-order chi connectivity index (χ1) is 14.5. The van der Waals surface area contributed by atoms with Crippen LogP contribution in [0, 0.1) is 17.6 Å². The summed E-state index contributed by atoms with van der Waals surface area (Å²) >= 11 is 6.33. The first-order valence-corrected chi connectivity index (χ1v) is 11.2. The van der Waals surface area contributed by atoms with E-state index < -0.39 is 11.6 Å². The van der Waals surface area contributed by atoms with Crippen LogP contribution in [0.5, 0.6) is 5.88 Å². The largest absolute Gasteiger partial charge is 0.476 e. The highest BCUT2D eigenvalue weighted by molar-refractivity contribution is 9.10. The molecule has 1 aliphatic rings. The van der Waals surface area contributed by atoms with Gasteiger partial charge in [-0.1, -0.05) is 12.1 Å². The molecule has 1 aromatic heterocycles. The molecule has 8 heteroatoms. The minimum Gasteiger partial charge on any atom is -0.476 e. The van der Waals surface area contributed by atoms with Gasteiger partial charge >= 0.3 is 0 Å².